The van der Waals surface area contributed by atoms with Gasteiger partial charge in [0.05, 0.1) is 12.7 Å². The smallest absolute Gasteiger partial charge is 0.200 e. The standard InChI is InChI=1S/C7H7ClN4S/c8-5-3-11-6(13-5)4-12-2-1-10-7(12)9/h1-3H,4H2,(H2,9,10). The number of anilines is 1. The molecule has 0 saturated heterocycles. The van der Waals surface area contributed by atoms with Crippen LogP contribution < -0.4 is 5.73 Å². The van der Waals surface area contributed by atoms with E-state index in [9.17, 15) is 0 Å². The van der Waals surface area contributed by atoms with Gasteiger partial charge in [0.2, 0.25) is 0 Å². The Morgan fingerprint density at radius 2 is 2.38 bits per heavy atom. The summed E-state index contributed by atoms with van der Waals surface area (Å²) in [5.41, 5.74) is 5.59. The Labute approximate surface area is 84.0 Å². The van der Waals surface area contributed by atoms with Crippen molar-refractivity contribution in [2.24, 2.45) is 0 Å². The zero-order chi connectivity index (χ0) is 9.26. The molecule has 0 saturated carbocycles. The number of aromatic nitrogens is 3. The average Bonchev–Trinajstić information content (AvgIpc) is 2.64. The van der Waals surface area contributed by atoms with Crippen LogP contribution in [0.3, 0.4) is 0 Å². The summed E-state index contributed by atoms with van der Waals surface area (Å²) >= 11 is 7.19. The molecule has 2 aromatic rings. The van der Waals surface area contributed by atoms with Gasteiger partial charge in [0.1, 0.15) is 9.34 Å². The normalized spacial score (nSPS) is 10.5. The van der Waals surface area contributed by atoms with Gasteiger partial charge in [-0.05, 0) is 0 Å². The Balaban J connectivity index is 2.19. The molecule has 2 N–H and O–H groups in total. The highest BCUT2D eigenvalue weighted by molar-refractivity contribution is 7.15. The Hall–Kier alpha value is -1.07. The number of nitrogens with zero attached hydrogens (tertiary/aromatic N) is 3. The zero-order valence-electron chi connectivity index (χ0n) is 6.64. The largest absolute Gasteiger partial charge is 0.369 e. The monoisotopic (exact) mass is 214 g/mol. The van der Waals surface area contributed by atoms with E-state index in [0.717, 1.165) is 5.01 Å². The van der Waals surface area contributed by atoms with Crippen molar-refractivity contribution in [2.45, 2.75) is 6.54 Å². The van der Waals surface area contributed by atoms with Gasteiger partial charge in [-0.1, -0.05) is 11.6 Å². The fourth-order valence-electron chi connectivity index (χ4n) is 0.981. The quantitative estimate of drug-likeness (QED) is 0.827. The molecule has 68 valence electrons. The van der Waals surface area contributed by atoms with Crippen molar-refractivity contribution in [1.29, 1.82) is 0 Å². The second-order valence-corrected chi connectivity index (χ2v) is 4.22. The second-order valence-electron chi connectivity index (χ2n) is 2.47. The molecule has 13 heavy (non-hydrogen) atoms. The van der Waals surface area contributed by atoms with E-state index in [-0.39, 0.29) is 0 Å². The Morgan fingerprint density at radius 3 is 2.92 bits per heavy atom. The minimum absolute atomic E-state index is 0.492. The topological polar surface area (TPSA) is 56.7 Å². The van der Waals surface area contributed by atoms with Gasteiger partial charge in [-0.3, -0.25) is 0 Å². The van der Waals surface area contributed by atoms with E-state index < -0.39 is 0 Å². The highest BCUT2D eigenvalue weighted by Crippen LogP contribution is 2.19. The van der Waals surface area contributed by atoms with E-state index in [1.807, 2.05) is 10.8 Å². The van der Waals surface area contributed by atoms with Crippen molar-refractivity contribution in [3.8, 4) is 0 Å². The lowest BCUT2D eigenvalue weighted by Gasteiger charge is -1.99. The summed E-state index contributed by atoms with van der Waals surface area (Å²) in [6.07, 6.45) is 5.10. The molecule has 0 atom stereocenters. The van der Waals surface area contributed by atoms with Gasteiger partial charge in [-0.25, -0.2) is 9.97 Å². The second kappa shape index (κ2) is 3.35. The number of nitrogens with two attached hydrogens (primary N) is 1. The summed E-state index contributed by atoms with van der Waals surface area (Å²) in [6, 6.07) is 0. The first-order valence-corrected chi connectivity index (χ1v) is 4.82. The van der Waals surface area contributed by atoms with Gasteiger partial charge in [0, 0.05) is 12.4 Å². The molecule has 0 bridgehead atoms. The van der Waals surface area contributed by atoms with Gasteiger partial charge < -0.3 is 10.3 Å². The summed E-state index contributed by atoms with van der Waals surface area (Å²) in [6.45, 7) is 0.628. The van der Waals surface area contributed by atoms with Crippen LogP contribution in [0.4, 0.5) is 5.95 Å². The molecule has 0 fully saturated rings. The maximum Gasteiger partial charge on any atom is 0.200 e. The number of imidazole rings is 1. The van der Waals surface area contributed by atoms with Crippen LogP contribution in [0.15, 0.2) is 18.6 Å². The molecule has 0 aliphatic carbocycles. The third-order valence-corrected chi connectivity index (χ3v) is 2.68. The molecule has 2 heterocycles. The number of hydrogen-bond donors (Lipinski definition) is 1. The summed E-state index contributed by atoms with van der Waals surface area (Å²) < 4.78 is 2.50. The lowest BCUT2D eigenvalue weighted by Crippen LogP contribution is -2.02. The fraction of sp³-hybridized carbons (Fsp3) is 0.143. The van der Waals surface area contributed by atoms with Gasteiger partial charge in [0.25, 0.3) is 0 Å². The third-order valence-electron chi connectivity index (χ3n) is 1.58. The Bertz CT molecular complexity index is 408. The molecule has 0 aromatic carbocycles. The van der Waals surface area contributed by atoms with Crippen molar-refractivity contribution in [2.75, 3.05) is 5.73 Å². The Morgan fingerprint density at radius 1 is 1.54 bits per heavy atom. The summed E-state index contributed by atoms with van der Waals surface area (Å²) in [4.78, 5) is 8.02. The molecule has 4 nitrogen and oxygen atoms in total. The third kappa shape index (κ3) is 1.81. The summed E-state index contributed by atoms with van der Waals surface area (Å²) in [5.74, 6) is 0.492. The van der Waals surface area contributed by atoms with Crippen LogP contribution in [0.2, 0.25) is 4.34 Å². The lowest BCUT2D eigenvalue weighted by molar-refractivity contribution is 0.803. The predicted molar refractivity (Wildman–Crippen MR) is 52.9 cm³/mol. The number of thiazole rings is 1. The minimum atomic E-state index is 0.492. The number of hydrogen-bond acceptors (Lipinski definition) is 4. The molecule has 2 rings (SSSR count). The van der Waals surface area contributed by atoms with Crippen LogP contribution in [0.1, 0.15) is 5.01 Å². The van der Waals surface area contributed by atoms with E-state index in [2.05, 4.69) is 9.97 Å². The van der Waals surface area contributed by atoms with E-state index in [0.29, 0.717) is 16.8 Å². The molecule has 0 spiro atoms. The van der Waals surface area contributed by atoms with E-state index in [4.69, 9.17) is 17.3 Å². The van der Waals surface area contributed by atoms with Crippen molar-refractivity contribution in [3.05, 3.63) is 27.9 Å². The van der Waals surface area contributed by atoms with Crippen molar-refractivity contribution in [3.63, 3.8) is 0 Å². The number of nitrogen functional groups attached to an aromatic ring is 1. The fourth-order valence-corrected chi connectivity index (χ4v) is 1.94. The van der Waals surface area contributed by atoms with Gasteiger partial charge >= 0.3 is 0 Å². The van der Waals surface area contributed by atoms with Crippen LogP contribution in [0, 0.1) is 0 Å². The van der Waals surface area contributed by atoms with Crippen molar-refractivity contribution < 1.29 is 0 Å². The molecule has 0 radical (unpaired) electrons. The zero-order valence-corrected chi connectivity index (χ0v) is 8.22. The van der Waals surface area contributed by atoms with E-state index >= 15 is 0 Å². The predicted octanol–water partition coefficient (Wildman–Crippen LogP) is 1.62. The molecule has 0 amide bonds. The Kier molecular flexibility index (Phi) is 2.20. The number of halogens is 1. The maximum atomic E-state index is 5.74. The van der Waals surface area contributed by atoms with Crippen molar-refractivity contribution >= 4 is 28.9 Å². The first kappa shape index (κ1) is 8.52. The highest BCUT2D eigenvalue weighted by Gasteiger charge is 2.02. The van der Waals surface area contributed by atoms with Gasteiger partial charge in [-0.15, -0.1) is 11.3 Å². The summed E-state index contributed by atoms with van der Waals surface area (Å²) in [7, 11) is 0. The molecule has 6 heteroatoms. The lowest BCUT2D eigenvalue weighted by atomic mass is 10.6. The average molecular weight is 215 g/mol. The molecule has 0 aliphatic rings. The van der Waals surface area contributed by atoms with Crippen LogP contribution in [-0.4, -0.2) is 14.5 Å². The molecular weight excluding hydrogens is 208 g/mol. The van der Waals surface area contributed by atoms with E-state index in [1.165, 1.54) is 11.3 Å². The van der Waals surface area contributed by atoms with Gasteiger partial charge in [0.15, 0.2) is 5.95 Å². The van der Waals surface area contributed by atoms with Crippen LogP contribution in [0.25, 0.3) is 0 Å². The SMILES string of the molecule is Nc1nccn1Cc1ncc(Cl)s1. The summed E-state index contributed by atoms with van der Waals surface area (Å²) in [5, 5.41) is 0.926. The van der Waals surface area contributed by atoms with Crippen LogP contribution in [0.5, 0.6) is 0 Å². The highest BCUT2D eigenvalue weighted by atomic mass is 35.5. The molecule has 0 aliphatic heterocycles. The van der Waals surface area contributed by atoms with Crippen molar-refractivity contribution in [1.82, 2.24) is 14.5 Å². The molecule has 0 unspecified atom stereocenters. The first-order chi connectivity index (χ1) is 6.25. The maximum absolute atomic E-state index is 5.74. The first-order valence-electron chi connectivity index (χ1n) is 3.62. The van der Waals surface area contributed by atoms with Crippen LogP contribution in [-0.2, 0) is 6.54 Å². The van der Waals surface area contributed by atoms with Gasteiger partial charge in [-0.2, -0.15) is 0 Å². The number of rotatable bonds is 2. The van der Waals surface area contributed by atoms with E-state index in [1.54, 1.807) is 12.4 Å². The molecular formula is C7H7ClN4S. The molecule has 2 aromatic heterocycles. The minimum Gasteiger partial charge on any atom is -0.369 e. The van der Waals surface area contributed by atoms with Crippen LogP contribution >= 0.6 is 22.9 Å².